The first kappa shape index (κ1) is 14.9. The average molecular weight is 322 g/mol. The average Bonchev–Trinajstić information content (AvgIpc) is 2.29. The number of anilines is 1. The first-order valence-electron chi connectivity index (χ1n) is 5.40. The van der Waals surface area contributed by atoms with Gasteiger partial charge in [-0.05, 0) is 30.2 Å². The van der Waals surface area contributed by atoms with Crippen LogP contribution in [0.2, 0.25) is 0 Å². The van der Waals surface area contributed by atoms with Gasteiger partial charge in [-0.15, -0.1) is 0 Å². The Morgan fingerprint density at radius 3 is 2.28 bits per heavy atom. The standard InChI is InChI=1S/C12H14BrF2NO2/c1-7(2)10(13)11(17)16-8-3-5-9(6-4-8)18-12(14)15/h3-7,10,12H,1-2H3,(H,16,17). The van der Waals surface area contributed by atoms with Crippen LogP contribution in [-0.4, -0.2) is 17.3 Å². The zero-order valence-corrected chi connectivity index (χ0v) is 11.6. The fourth-order valence-corrected chi connectivity index (χ4v) is 1.35. The third-order valence-electron chi connectivity index (χ3n) is 2.18. The minimum atomic E-state index is -2.85. The van der Waals surface area contributed by atoms with Gasteiger partial charge in [0.25, 0.3) is 0 Å². The van der Waals surface area contributed by atoms with Crippen molar-refractivity contribution in [3.63, 3.8) is 0 Å². The molecule has 1 amide bonds. The van der Waals surface area contributed by atoms with Crippen LogP contribution in [0.25, 0.3) is 0 Å². The van der Waals surface area contributed by atoms with E-state index in [1.54, 1.807) is 0 Å². The summed E-state index contributed by atoms with van der Waals surface area (Å²) in [5, 5.41) is 2.67. The number of alkyl halides is 3. The third-order valence-corrected chi connectivity index (χ3v) is 3.66. The minimum absolute atomic E-state index is 0.0576. The van der Waals surface area contributed by atoms with Crippen LogP contribution in [0.5, 0.6) is 5.75 Å². The molecule has 0 bridgehead atoms. The molecule has 0 spiro atoms. The minimum Gasteiger partial charge on any atom is -0.435 e. The van der Waals surface area contributed by atoms with Gasteiger partial charge in [0.1, 0.15) is 5.75 Å². The van der Waals surface area contributed by atoms with E-state index in [9.17, 15) is 13.6 Å². The number of carbonyl (C=O) groups is 1. The van der Waals surface area contributed by atoms with Crippen molar-refractivity contribution in [1.82, 2.24) is 0 Å². The van der Waals surface area contributed by atoms with Gasteiger partial charge in [0, 0.05) is 5.69 Å². The van der Waals surface area contributed by atoms with Crippen molar-refractivity contribution < 1.29 is 18.3 Å². The van der Waals surface area contributed by atoms with Gasteiger partial charge in [-0.2, -0.15) is 8.78 Å². The van der Waals surface area contributed by atoms with Crippen LogP contribution < -0.4 is 10.1 Å². The smallest absolute Gasteiger partial charge is 0.387 e. The predicted molar refractivity (Wildman–Crippen MR) is 69.3 cm³/mol. The lowest BCUT2D eigenvalue weighted by atomic mass is 10.1. The van der Waals surface area contributed by atoms with E-state index in [0.717, 1.165) is 0 Å². The molecular formula is C12H14BrF2NO2. The highest BCUT2D eigenvalue weighted by molar-refractivity contribution is 9.10. The van der Waals surface area contributed by atoms with Crippen LogP contribution in [0.15, 0.2) is 24.3 Å². The quantitative estimate of drug-likeness (QED) is 0.841. The van der Waals surface area contributed by atoms with Gasteiger partial charge < -0.3 is 10.1 Å². The Kier molecular flexibility index (Phi) is 5.53. The van der Waals surface area contributed by atoms with E-state index in [1.807, 2.05) is 13.8 Å². The van der Waals surface area contributed by atoms with Crippen molar-refractivity contribution in [3.05, 3.63) is 24.3 Å². The number of amides is 1. The van der Waals surface area contributed by atoms with E-state index < -0.39 is 6.61 Å². The zero-order valence-electron chi connectivity index (χ0n) is 9.99. The fourth-order valence-electron chi connectivity index (χ4n) is 1.23. The second-order valence-electron chi connectivity index (χ2n) is 4.04. The first-order valence-corrected chi connectivity index (χ1v) is 6.31. The molecule has 0 fully saturated rings. The van der Waals surface area contributed by atoms with Gasteiger partial charge in [-0.3, -0.25) is 4.79 Å². The molecule has 0 aliphatic rings. The Bertz CT molecular complexity index is 396. The third kappa shape index (κ3) is 4.60. The van der Waals surface area contributed by atoms with Gasteiger partial charge in [0.15, 0.2) is 0 Å². The highest BCUT2D eigenvalue weighted by Gasteiger charge is 2.18. The number of benzene rings is 1. The fraction of sp³-hybridized carbons (Fsp3) is 0.417. The predicted octanol–water partition coefficient (Wildman–Crippen LogP) is 3.65. The highest BCUT2D eigenvalue weighted by Crippen LogP contribution is 2.19. The van der Waals surface area contributed by atoms with E-state index in [4.69, 9.17) is 0 Å². The van der Waals surface area contributed by atoms with Gasteiger partial charge in [-0.25, -0.2) is 0 Å². The largest absolute Gasteiger partial charge is 0.435 e. The Morgan fingerprint density at radius 2 is 1.83 bits per heavy atom. The van der Waals surface area contributed by atoms with Crippen molar-refractivity contribution in [2.75, 3.05) is 5.32 Å². The Morgan fingerprint density at radius 1 is 1.28 bits per heavy atom. The van der Waals surface area contributed by atoms with E-state index in [0.29, 0.717) is 5.69 Å². The number of ether oxygens (including phenoxy) is 1. The van der Waals surface area contributed by atoms with E-state index >= 15 is 0 Å². The van der Waals surface area contributed by atoms with Crippen molar-refractivity contribution in [3.8, 4) is 5.75 Å². The molecule has 0 aromatic heterocycles. The molecule has 1 atom stereocenters. The lowest BCUT2D eigenvalue weighted by Crippen LogP contribution is -2.26. The Balaban J connectivity index is 2.61. The molecule has 0 aliphatic carbocycles. The molecule has 18 heavy (non-hydrogen) atoms. The van der Waals surface area contributed by atoms with E-state index in [-0.39, 0.29) is 22.4 Å². The molecule has 0 aliphatic heterocycles. The Labute approximate surface area is 113 Å². The molecule has 100 valence electrons. The van der Waals surface area contributed by atoms with Crippen LogP contribution in [0, 0.1) is 5.92 Å². The number of carbonyl (C=O) groups excluding carboxylic acids is 1. The molecule has 0 radical (unpaired) electrons. The molecule has 1 aromatic carbocycles. The zero-order chi connectivity index (χ0) is 13.7. The van der Waals surface area contributed by atoms with Gasteiger partial charge in [-0.1, -0.05) is 29.8 Å². The maximum atomic E-state index is 11.9. The van der Waals surface area contributed by atoms with Crippen LogP contribution in [-0.2, 0) is 4.79 Å². The Hall–Kier alpha value is -1.17. The maximum Gasteiger partial charge on any atom is 0.387 e. The summed E-state index contributed by atoms with van der Waals surface area (Å²) in [6.07, 6.45) is 0. The summed E-state index contributed by atoms with van der Waals surface area (Å²) >= 11 is 3.28. The summed E-state index contributed by atoms with van der Waals surface area (Å²) in [4.78, 5) is 11.4. The highest BCUT2D eigenvalue weighted by atomic mass is 79.9. The molecule has 1 unspecified atom stereocenters. The van der Waals surface area contributed by atoms with Gasteiger partial charge in [0.05, 0.1) is 4.83 Å². The lowest BCUT2D eigenvalue weighted by molar-refractivity contribution is -0.116. The number of hydrogen-bond acceptors (Lipinski definition) is 2. The lowest BCUT2D eigenvalue weighted by Gasteiger charge is -2.14. The molecule has 0 heterocycles. The summed E-state index contributed by atoms with van der Waals surface area (Å²) in [5.41, 5.74) is 0.534. The van der Waals surface area contributed by atoms with Crippen LogP contribution in [0.1, 0.15) is 13.8 Å². The number of rotatable bonds is 5. The molecule has 1 rings (SSSR count). The number of nitrogens with one attached hydrogen (secondary N) is 1. The van der Waals surface area contributed by atoms with Gasteiger partial charge in [0.2, 0.25) is 5.91 Å². The number of hydrogen-bond donors (Lipinski definition) is 1. The number of halogens is 3. The van der Waals surface area contributed by atoms with Crippen LogP contribution >= 0.6 is 15.9 Å². The molecule has 3 nitrogen and oxygen atoms in total. The maximum absolute atomic E-state index is 11.9. The van der Waals surface area contributed by atoms with E-state index in [2.05, 4.69) is 26.0 Å². The van der Waals surface area contributed by atoms with Crippen molar-refractivity contribution in [2.24, 2.45) is 5.92 Å². The molecule has 1 N–H and O–H groups in total. The van der Waals surface area contributed by atoms with Crippen molar-refractivity contribution in [1.29, 1.82) is 0 Å². The summed E-state index contributed by atoms with van der Waals surface area (Å²) in [5.74, 6) is 0.0428. The summed E-state index contributed by atoms with van der Waals surface area (Å²) in [6, 6.07) is 5.77. The topological polar surface area (TPSA) is 38.3 Å². The molecule has 0 saturated carbocycles. The summed E-state index contributed by atoms with van der Waals surface area (Å²) in [6.45, 7) is 0.982. The van der Waals surface area contributed by atoms with Crippen LogP contribution in [0.4, 0.5) is 14.5 Å². The SMILES string of the molecule is CC(C)C(Br)C(=O)Nc1ccc(OC(F)F)cc1. The van der Waals surface area contributed by atoms with Crippen molar-refractivity contribution in [2.45, 2.75) is 25.3 Å². The molecule has 1 aromatic rings. The second-order valence-corrected chi connectivity index (χ2v) is 5.02. The summed E-state index contributed by atoms with van der Waals surface area (Å²) < 4.78 is 28.1. The molecule has 0 saturated heterocycles. The molecule has 6 heteroatoms. The first-order chi connectivity index (χ1) is 8.40. The molecular weight excluding hydrogens is 308 g/mol. The monoisotopic (exact) mass is 321 g/mol. The van der Waals surface area contributed by atoms with E-state index in [1.165, 1.54) is 24.3 Å². The van der Waals surface area contributed by atoms with Crippen LogP contribution in [0.3, 0.4) is 0 Å². The summed E-state index contributed by atoms with van der Waals surface area (Å²) in [7, 11) is 0. The van der Waals surface area contributed by atoms with Gasteiger partial charge >= 0.3 is 6.61 Å². The van der Waals surface area contributed by atoms with Crippen molar-refractivity contribution >= 4 is 27.5 Å². The normalized spacial score (nSPS) is 12.6. The second kappa shape index (κ2) is 6.68.